The SMILES string of the molecule is NC(Cc1cc(Cl)cc(C(F)(F)F)c1O)C(=O)O. The smallest absolute Gasteiger partial charge is 0.420 e. The Morgan fingerprint density at radius 3 is 2.44 bits per heavy atom. The van der Waals surface area contributed by atoms with Gasteiger partial charge < -0.3 is 15.9 Å². The quantitative estimate of drug-likeness (QED) is 0.792. The first-order valence-corrected chi connectivity index (χ1v) is 5.07. The summed E-state index contributed by atoms with van der Waals surface area (Å²) in [5, 5.41) is 17.8. The number of benzene rings is 1. The van der Waals surface area contributed by atoms with Gasteiger partial charge in [0.15, 0.2) is 0 Å². The van der Waals surface area contributed by atoms with Crippen LogP contribution in [0, 0.1) is 0 Å². The van der Waals surface area contributed by atoms with Crippen LogP contribution >= 0.6 is 11.6 Å². The van der Waals surface area contributed by atoms with E-state index in [1.807, 2.05) is 0 Å². The molecule has 0 heterocycles. The van der Waals surface area contributed by atoms with Crippen LogP contribution < -0.4 is 5.73 Å². The van der Waals surface area contributed by atoms with Crippen molar-refractivity contribution in [2.75, 3.05) is 0 Å². The Morgan fingerprint density at radius 1 is 1.44 bits per heavy atom. The number of aliphatic carboxylic acids is 1. The highest BCUT2D eigenvalue weighted by Gasteiger charge is 2.35. The zero-order valence-corrected chi connectivity index (χ0v) is 9.59. The van der Waals surface area contributed by atoms with Gasteiger partial charge in [0, 0.05) is 11.4 Å². The fourth-order valence-corrected chi connectivity index (χ4v) is 1.59. The normalized spacial score (nSPS) is 13.4. The van der Waals surface area contributed by atoms with E-state index in [9.17, 15) is 23.1 Å². The standard InChI is InChI=1S/C10H9ClF3NO3/c11-5-1-4(2-7(15)9(17)18)8(16)6(3-5)10(12,13)14/h1,3,7,16H,2,15H2,(H,17,18). The van der Waals surface area contributed by atoms with Crippen LogP contribution in [0.15, 0.2) is 12.1 Å². The number of hydrogen-bond donors (Lipinski definition) is 3. The minimum atomic E-state index is -4.78. The Balaban J connectivity index is 3.22. The summed E-state index contributed by atoms with van der Waals surface area (Å²) < 4.78 is 37.6. The maximum atomic E-state index is 12.5. The Labute approximate surface area is 105 Å². The Morgan fingerprint density at radius 2 is 2.00 bits per heavy atom. The molecule has 1 rings (SSSR count). The van der Waals surface area contributed by atoms with Gasteiger partial charge in [-0.25, -0.2) is 0 Å². The predicted octanol–water partition coefficient (Wildman–Crippen LogP) is 2.02. The number of phenols is 1. The number of halogens is 4. The molecule has 0 saturated heterocycles. The number of carboxylic acid groups (broad SMARTS) is 1. The molecule has 0 spiro atoms. The fourth-order valence-electron chi connectivity index (χ4n) is 1.35. The molecule has 100 valence electrons. The molecule has 0 aromatic heterocycles. The van der Waals surface area contributed by atoms with Crippen molar-refractivity contribution >= 4 is 17.6 Å². The summed E-state index contributed by atoms with van der Waals surface area (Å²) in [5.41, 5.74) is 3.62. The van der Waals surface area contributed by atoms with Crippen molar-refractivity contribution in [1.82, 2.24) is 0 Å². The molecule has 4 N–H and O–H groups in total. The highest BCUT2D eigenvalue weighted by molar-refractivity contribution is 6.30. The average molecular weight is 284 g/mol. The lowest BCUT2D eigenvalue weighted by molar-refractivity contribution is -0.139. The zero-order valence-electron chi connectivity index (χ0n) is 8.83. The van der Waals surface area contributed by atoms with Gasteiger partial charge in [0.25, 0.3) is 0 Å². The number of hydrogen-bond acceptors (Lipinski definition) is 3. The first-order chi connectivity index (χ1) is 8.12. The number of carbonyl (C=O) groups is 1. The van der Waals surface area contributed by atoms with Crippen LogP contribution in [-0.2, 0) is 17.4 Å². The van der Waals surface area contributed by atoms with Crippen molar-refractivity contribution in [3.63, 3.8) is 0 Å². The molecule has 0 aliphatic rings. The molecule has 1 unspecified atom stereocenters. The maximum absolute atomic E-state index is 12.5. The molecule has 0 bridgehead atoms. The van der Waals surface area contributed by atoms with E-state index >= 15 is 0 Å². The number of phenolic OH excluding ortho intramolecular Hbond substituents is 1. The van der Waals surface area contributed by atoms with E-state index in [1.54, 1.807) is 0 Å². The molecule has 0 aliphatic heterocycles. The molecule has 0 aliphatic carbocycles. The minimum absolute atomic E-state index is 0.257. The second-order valence-corrected chi connectivity index (χ2v) is 4.04. The number of carboxylic acids is 1. The fraction of sp³-hybridized carbons (Fsp3) is 0.300. The first-order valence-electron chi connectivity index (χ1n) is 4.70. The third-order valence-electron chi connectivity index (χ3n) is 2.22. The lowest BCUT2D eigenvalue weighted by Gasteiger charge is -2.14. The Hall–Kier alpha value is -1.47. The Kier molecular flexibility index (Phi) is 4.08. The molecule has 0 saturated carbocycles. The van der Waals surface area contributed by atoms with Gasteiger partial charge >= 0.3 is 12.1 Å². The minimum Gasteiger partial charge on any atom is -0.507 e. The van der Waals surface area contributed by atoms with Gasteiger partial charge in [0.2, 0.25) is 0 Å². The van der Waals surface area contributed by atoms with E-state index in [0.717, 1.165) is 6.07 Å². The van der Waals surface area contributed by atoms with Gasteiger partial charge in [0.1, 0.15) is 11.8 Å². The van der Waals surface area contributed by atoms with Crippen molar-refractivity contribution < 1.29 is 28.2 Å². The van der Waals surface area contributed by atoms with Crippen molar-refractivity contribution in [2.45, 2.75) is 18.6 Å². The lowest BCUT2D eigenvalue weighted by Crippen LogP contribution is -2.32. The zero-order chi connectivity index (χ0) is 14.1. The van der Waals surface area contributed by atoms with E-state index in [-0.39, 0.29) is 10.6 Å². The van der Waals surface area contributed by atoms with Crippen molar-refractivity contribution in [3.05, 3.63) is 28.3 Å². The van der Waals surface area contributed by atoms with Crippen molar-refractivity contribution in [3.8, 4) is 5.75 Å². The molecule has 1 aromatic rings. The molecule has 1 atom stereocenters. The predicted molar refractivity (Wildman–Crippen MR) is 57.4 cm³/mol. The van der Waals surface area contributed by atoms with Crippen LogP contribution in [0.1, 0.15) is 11.1 Å². The molecule has 0 amide bonds. The summed E-state index contributed by atoms with van der Waals surface area (Å²) in [7, 11) is 0. The third-order valence-corrected chi connectivity index (χ3v) is 2.43. The lowest BCUT2D eigenvalue weighted by atomic mass is 10.0. The van der Waals surface area contributed by atoms with Crippen LogP contribution in [0.4, 0.5) is 13.2 Å². The average Bonchev–Trinajstić information content (AvgIpc) is 2.21. The van der Waals surface area contributed by atoms with Gasteiger partial charge in [-0.15, -0.1) is 0 Å². The van der Waals surface area contributed by atoms with Gasteiger partial charge in [-0.05, 0) is 17.7 Å². The van der Waals surface area contributed by atoms with Crippen LogP contribution in [0.5, 0.6) is 5.75 Å². The van der Waals surface area contributed by atoms with Crippen LogP contribution in [-0.4, -0.2) is 22.2 Å². The number of aromatic hydroxyl groups is 1. The second kappa shape index (κ2) is 5.03. The van der Waals surface area contributed by atoms with Crippen molar-refractivity contribution in [1.29, 1.82) is 0 Å². The number of nitrogens with two attached hydrogens (primary N) is 1. The van der Waals surface area contributed by atoms with Gasteiger partial charge in [-0.2, -0.15) is 13.2 Å². The molecular weight excluding hydrogens is 275 g/mol. The summed E-state index contributed by atoms with van der Waals surface area (Å²) in [6.45, 7) is 0. The second-order valence-electron chi connectivity index (χ2n) is 3.61. The van der Waals surface area contributed by atoms with Crippen LogP contribution in [0.2, 0.25) is 5.02 Å². The molecule has 0 radical (unpaired) electrons. The van der Waals surface area contributed by atoms with E-state index in [4.69, 9.17) is 22.4 Å². The molecule has 4 nitrogen and oxygen atoms in total. The monoisotopic (exact) mass is 283 g/mol. The summed E-state index contributed by atoms with van der Waals surface area (Å²) in [5.74, 6) is -2.44. The van der Waals surface area contributed by atoms with E-state index in [1.165, 1.54) is 0 Å². The highest BCUT2D eigenvalue weighted by Crippen LogP contribution is 2.39. The van der Waals surface area contributed by atoms with Gasteiger partial charge in [-0.3, -0.25) is 4.79 Å². The topological polar surface area (TPSA) is 83.5 Å². The molecular formula is C10H9ClF3NO3. The first kappa shape index (κ1) is 14.6. The van der Waals surface area contributed by atoms with Crippen LogP contribution in [0.3, 0.4) is 0 Å². The summed E-state index contributed by atoms with van der Waals surface area (Å²) in [4.78, 5) is 10.5. The summed E-state index contributed by atoms with van der Waals surface area (Å²) in [6.07, 6.45) is -5.23. The molecule has 18 heavy (non-hydrogen) atoms. The highest BCUT2D eigenvalue weighted by atomic mass is 35.5. The largest absolute Gasteiger partial charge is 0.507 e. The molecule has 1 aromatic carbocycles. The van der Waals surface area contributed by atoms with E-state index in [0.29, 0.717) is 6.07 Å². The van der Waals surface area contributed by atoms with Crippen molar-refractivity contribution in [2.24, 2.45) is 5.73 Å². The van der Waals surface area contributed by atoms with Gasteiger partial charge in [0.05, 0.1) is 5.56 Å². The van der Waals surface area contributed by atoms with Gasteiger partial charge in [-0.1, -0.05) is 11.6 Å². The summed E-state index contributed by atoms with van der Waals surface area (Å²) >= 11 is 5.49. The molecule has 8 heteroatoms. The third kappa shape index (κ3) is 3.27. The number of alkyl halides is 3. The Bertz CT molecular complexity index is 476. The van der Waals surface area contributed by atoms with Crippen LogP contribution in [0.25, 0.3) is 0 Å². The maximum Gasteiger partial charge on any atom is 0.420 e. The number of rotatable bonds is 3. The summed E-state index contributed by atoms with van der Waals surface area (Å²) in [6, 6.07) is 0.192. The molecule has 0 fully saturated rings. The van der Waals surface area contributed by atoms with E-state index < -0.39 is 35.9 Å². The van der Waals surface area contributed by atoms with E-state index in [2.05, 4.69) is 0 Å².